The van der Waals surface area contributed by atoms with Gasteiger partial charge in [0, 0.05) is 22.3 Å². The van der Waals surface area contributed by atoms with Gasteiger partial charge in [-0.25, -0.2) is 0 Å². The van der Waals surface area contributed by atoms with E-state index in [-0.39, 0.29) is 76.5 Å². The van der Waals surface area contributed by atoms with Crippen LogP contribution in [0.1, 0.15) is 54.3 Å². The fraction of sp³-hybridized carbons (Fsp3) is 0.0667. The first-order chi connectivity index (χ1) is 16.5. The van der Waals surface area contributed by atoms with Gasteiger partial charge < -0.3 is 18.8 Å². The van der Waals surface area contributed by atoms with Crippen molar-refractivity contribution in [1.82, 2.24) is 0 Å². The SMILES string of the molecule is O=C(CC(=O)c1ccccc1)c1ccccc1.O=C(CC(=O)c1ccccc1)c1ccccc1.[F-].[F-].[F-].[F-].[Ti+4]. The molecule has 9 heteroatoms. The summed E-state index contributed by atoms with van der Waals surface area (Å²) >= 11 is 0. The molecular weight excluding hydrogens is 548 g/mol. The normalized spacial score (nSPS) is 8.62. The molecule has 0 aromatic heterocycles. The quantitative estimate of drug-likeness (QED) is 0.0915. The molecular formula is C30H24F4O4Ti. The largest absolute Gasteiger partial charge is 4.00 e. The molecule has 4 aromatic rings. The van der Waals surface area contributed by atoms with Crippen molar-refractivity contribution in [1.29, 1.82) is 0 Å². The van der Waals surface area contributed by atoms with E-state index in [0.717, 1.165) is 0 Å². The summed E-state index contributed by atoms with van der Waals surface area (Å²) in [6.45, 7) is 0. The van der Waals surface area contributed by atoms with Gasteiger partial charge in [-0.2, -0.15) is 0 Å². The van der Waals surface area contributed by atoms with Gasteiger partial charge >= 0.3 is 21.7 Å². The van der Waals surface area contributed by atoms with Crippen molar-refractivity contribution in [3.8, 4) is 0 Å². The van der Waals surface area contributed by atoms with Crippen LogP contribution in [0.5, 0.6) is 0 Å². The van der Waals surface area contributed by atoms with E-state index < -0.39 is 0 Å². The molecule has 4 nitrogen and oxygen atoms in total. The molecule has 0 aliphatic heterocycles. The Bertz CT molecular complexity index is 1060. The number of halogens is 4. The second-order valence-electron chi connectivity index (χ2n) is 7.51. The summed E-state index contributed by atoms with van der Waals surface area (Å²) < 4.78 is 0. The second-order valence-corrected chi connectivity index (χ2v) is 7.51. The topological polar surface area (TPSA) is 68.3 Å². The van der Waals surface area contributed by atoms with Crippen LogP contribution in [0.25, 0.3) is 0 Å². The Hall–Kier alpha value is -4.01. The molecule has 0 N–H and O–H groups in total. The van der Waals surface area contributed by atoms with E-state index in [0.29, 0.717) is 22.3 Å². The monoisotopic (exact) mass is 572 g/mol. The first-order valence-corrected chi connectivity index (χ1v) is 10.9. The number of hydrogen-bond donors (Lipinski definition) is 0. The number of Topliss-reactive ketones (excluding diaryl/α,β-unsaturated/α-hetero) is 4. The number of hydrogen-bond acceptors (Lipinski definition) is 4. The van der Waals surface area contributed by atoms with Crippen molar-refractivity contribution in [2.75, 3.05) is 0 Å². The molecule has 200 valence electrons. The van der Waals surface area contributed by atoms with E-state index in [1.54, 1.807) is 97.1 Å². The van der Waals surface area contributed by atoms with Crippen LogP contribution in [0, 0.1) is 0 Å². The summed E-state index contributed by atoms with van der Waals surface area (Å²) in [6, 6.07) is 35.5. The zero-order valence-corrected chi connectivity index (χ0v) is 22.2. The molecule has 4 rings (SSSR count). The average molecular weight is 572 g/mol. The average Bonchev–Trinajstić information content (AvgIpc) is 2.91. The third kappa shape index (κ3) is 12.9. The first-order valence-electron chi connectivity index (χ1n) is 10.9. The molecule has 0 radical (unpaired) electrons. The number of benzene rings is 4. The molecule has 0 fully saturated rings. The predicted molar refractivity (Wildman–Crippen MR) is 132 cm³/mol. The van der Waals surface area contributed by atoms with E-state index in [2.05, 4.69) is 0 Å². The Labute approximate surface area is 238 Å². The molecule has 0 unspecified atom stereocenters. The van der Waals surface area contributed by atoms with Crippen LogP contribution in [0.2, 0.25) is 0 Å². The van der Waals surface area contributed by atoms with E-state index in [1.165, 1.54) is 0 Å². The summed E-state index contributed by atoms with van der Waals surface area (Å²) in [5.74, 6) is -0.558. The molecule has 0 aliphatic carbocycles. The summed E-state index contributed by atoms with van der Waals surface area (Å²) in [7, 11) is 0. The summed E-state index contributed by atoms with van der Waals surface area (Å²) in [5, 5.41) is 0. The zero-order valence-electron chi connectivity index (χ0n) is 20.6. The molecule has 0 atom stereocenters. The molecule has 0 saturated heterocycles. The maximum absolute atomic E-state index is 11.8. The second kappa shape index (κ2) is 21.0. The third-order valence-electron chi connectivity index (χ3n) is 5.03. The van der Waals surface area contributed by atoms with E-state index in [1.807, 2.05) is 24.3 Å². The predicted octanol–water partition coefficient (Wildman–Crippen LogP) is -5.70. The minimum absolute atomic E-state index is 0. The minimum Gasteiger partial charge on any atom is -1.00 e. The fourth-order valence-corrected chi connectivity index (χ4v) is 3.20. The maximum Gasteiger partial charge on any atom is 4.00 e. The van der Waals surface area contributed by atoms with E-state index in [4.69, 9.17) is 0 Å². The van der Waals surface area contributed by atoms with Crippen LogP contribution in [0.15, 0.2) is 121 Å². The zero-order chi connectivity index (χ0) is 24.2. The summed E-state index contributed by atoms with van der Waals surface area (Å²) in [5.41, 5.74) is 2.32. The van der Waals surface area contributed by atoms with Gasteiger partial charge in [-0.1, -0.05) is 121 Å². The Kier molecular flexibility index (Phi) is 21.3. The van der Waals surface area contributed by atoms with Gasteiger partial charge in [-0.05, 0) is 0 Å². The number of carbonyl (C=O) groups is 4. The number of ketones is 4. The molecule has 0 saturated carbocycles. The summed E-state index contributed by atoms with van der Waals surface area (Å²) in [4.78, 5) is 47.2. The van der Waals surface area contributed by atoms with Gasteiger partial charge in [0.15, 0.2) is 23.1 Å². The van der Waals surface area contributed by atoms with Crippen LogP contribution < -0.4 is 18.8 Å². The fourth-order valence-electron chi connectivity index (χ4n) is 3.20. The van der Waals surface area contributed by atoms with Crippen molar-refractivity contribution in [2.45, 2.75) is 12.8 Å². The van der Waals surface area contributed by atoms with Crippen molar-refractivity contribution < 1.29 is 59.7 Å². The van der Waals surface area contributed by atoms with E-state index in [9.17, 15) is 19.2 Å². The Morgan fingerprint density at radius 3 is 0.641 bits per heavy atom. The third-order valence-corrected chi connectivity index (χ3v) is 5.03. The van der Waals surface area contributed by atoms with Crippen LogP contribution in [0.3, 0.4) is 0 Å². The van der Waals surface area contributed by atoms with Crippen LogP contribution in [-0.2, 0) is 21.7 Å². The van der Waals surface area contributed by atoms with Crippen LogP contribution in [0.4, 0.5) is 0 Å². The molecule has 0 spiro atoms. The Morgan fingerprint density at radius 1 is 0.333 bits per heavy atom. The minimum atomic E-state index is -0.139. The van der Waals surface area contributed by atoms with Gasteiger partial charge in [-0.15, -0.1) is 0 Å². The molecule has 0 heterocycles. The van der Waals surface area contributed by atoms with Crippen LogP contribution >= 0.6 is 0 Å². The molecule has 0 bridgehead atoms. The number of carbonyl (C=O) groups excluding carboxylic acids is 4. The Morgan fingerprint density at radius 2 is 0.487 bits per heavy atom. The van der Waals surface area contributed by atoms with Crippen LogP contribution in [-0.4, -0.2) is 23.1 Å². The molecule has 0 aliphatic rings. The van der Waals surface area contributed by atoms with E-state index >= 15 is 0 Å². The number of rotatable bonds is 8. The van der Waals surface area contributed by atoms with Gasteiger partial charge in [0.25, 0.3) is 0 Å². The smallest absolute Gasteiger partial charge is 1.00 e. The van der Waals surface area contributed by atoms with Crippen molar-refractivity contribution >= 4 is 23.1 Å². The summed E-state index contributed by atoms with van der Waals surface area (Å²) in [6.07, 6.45) is -0.151. The van der Waals surface area contributed by atoms with Crippen molar-refractivity contribution in [2.24, 2.45) is 0 Å². The maximum atomic E-state index is 11.8. The van der Waals surface area contributed by atoms with Gasteiger partial charge in [-0.3, -0.25) is 19.2 Å². The van der Waals surface area contributed by atoms with Crippen molar-refractivity contribution in [3.63, 3.8) is 0 Å². The molecule has 0 amide bonds. The standard InChI is InChI=1S/2C15H12O2.4FH.Ti/c2*16-14(12-7-3-1-4-8-12)11-15(17)13-9-5-2-6-10-13;;;;;/h2*1-10H,11H2;4*1H;/q;;;;;;+4/p-4. The molecule has 39 heavy (non-hydrogen) atoms. The first kappa shape index (κ1) is 39.5. The van der Waals surface area contributed by atoms with Crippen molar-refractivity contribution in [3.05, 3.63) is 144 Å². The molecule has 4 aromatic carbocycles. The van der Waals surface area contributed by atoms with Gasteiger partial charge in [0.2, 0.25) is 0 Å². The van der Waals surface area contributed by atoms with Gasteiger partial charge in [0.05, 0.1) is 12.8 Å². The Balaban J connectivity index is -0.000000589. The van der Waals surface area contributed by atoms with Gasteiger partial charge in [0.1, 0.15) is 0 Å².